The average molecular weight is 419 g/mol. The molecule has 2 rings (SSSR count). The van der Waals surface area contributed by atoms with Gasteiger partial charge in [0.2, 0.25) is 0 Å². The molecule has 0 nitrogen and oxygen atoms in total. The maximum Gasteiger partial charge on any atom is 0.00828 e. The second kappa shape index (κ2) is 10.7. The lowest BCUT2D eigenvalue weighted by molar-refractivity contribution is 0.376. The predicted octanol–water partition coefficient (Wildman–Crippen LogP) is 9.52. The molecule has 0 saturated carbocycles. The highest BCUT2D eigenvalue weighted by Gasteiger charge is 2.21. The third-order valence-electron chi connectivity index (χ3n) is 6.43. The van der Waals surface area contributed by atoms with Crippen LogP contribution < -0.4 is 0 Å². The molecule has 1 aliphatic rings. The fourth-order valence-corrected chi connectivity index (χ4v) is 4.14. The predicted molar refractivity (Wildman–Crippen MR) is 140 cm³/mol. The molecule has 0 N–H and O–H groups in total. The second-order valence-corrected chi connectivity index (χ2v) is 11.9. The van der Waals surface area contributed by atoms with E-state index < -0.39 is 0 Å². The first kappa shape index (κ1) is 25.4. The molecule has 0 saturated heterocycles. The first-order valence-electron chi connectivity index (χ1n) is 12.2. The van der Waals surface area contributed by atoms with E-state index >= 15 is 0 Å². The van der Waals surface area contributed by atoms with Crippen LogP contribution in [0.3, 0.4) is 0 Å². The van der Waals surface area contributed by atoms with Crippen LogP contribution in [0.2, 0.25) is 0 Å². The third kappa shape index (κ3) is 8.68. The third-order valence-corrected chi connectivity index (χ3v) is 6.43. The molecule has 0 bridgehead atoms. The van der Waals surface area contributed by atoms with Gasteiger partial charge in [0.25, 0.3) is 0 Å². The zero-order valence-electron chi connectivity index (χ0n) is 21.4. The van der Waals surface area contributed by atoms with Crippen molar-refractivity contribution < 1.29 is 0 Å². The van der Waals surface area contributed by atoms with Crippen molar-refractivity contribution in [3.63, 3.8) is 0 Å². The zero-order valence-corrected chi connectivity index (χ0v) is 21.4. The van der Waals surface area contributed by atoms with Crippen molar-refractivity contribution in [1.82, 2.24) is 0 Å². The number of hydrogen-bond acceptors (Lipinski definition) is 0. The van der Waals surface area contributed by atoms with Gasteiger partial charge in [-0.05, 0) is 78.0 Å². The van der Waals surface area contributed by atoms with Crippen LogP contribution in [-0.2, 0) is 12.8 Å². The van der Waals surface area contributed by atoms with Gasteiger partial charge in [-0.2, -0.15) is 0 Å². The van der Waals surface area contributed by atoms with Crippen molar-refractivity contribution in [3.05, 3.63) is 77.4 Å². The lowest BCUT2D eigenvalue weighted by atomic mass is 9.80. The van der Waals surface area contributed by atoms with Crippen molar-refractivity contribution in [3.8, 4) is 0 Å². The Balaban J connectivity index is 2.34. The summed E-state index contributed by atoms with van der Waals surface area (Å²) in [4.78, 5) is 0. The quantitative estimate of drug-likeness (QED) is 0.332. The summed E-state index contributed by atoms with van der Waals surface area (Å²) in [5.41, 5.74) is 8.97. The first-order chi connectivity index (χ1) is 14.4. The highest BCUT2D eigenvalue weighted by atomic mass is 14.3. The highest BCUT2D eigenvalue weighted by Crippen LogP contribution is 2.37. The van der Waals surface area contributed by atoms with Gasteiger partial charge in [-0.1, -0.05) is 109 Å². The largest absolute Gasteiger partial charge is 0.0992 e. The van der Waals surface area contributed by atoms with Crippen molar-refractivity contribution >= 4 is 5.57 Å². The second-order valence-electron chi connectivity index (χ2n) is 11.9. The van der Waals surface area contributed by atoms with E-state index in [0.29, 0.717) is 16.7 Å². The van der Waals surface area contributed by atoms with Gasteiger partial charge in [-0.25, -0.2) is 0 Å². The van der Waals surface area contributed by atoms with Gasteiger partial charge in [0.1, 0.15) is 0 Å². The van der Waals surface area contributed by atoms with Gasteiger partial charge in [-0.3, -0.25) is 0 Å². The van der Waals surface area contributed by atoms with Crippen molar-refractivity contribution in [2.24, 2.45) is 16.7 Å². The summed E-state index contributed by atoms with van der Waals surface area (Å²) >= 11 is 0. The van der Waals surface area contributed by atoms with Crippen LogP contribution in [0.4, 0.5) is 0 Å². The summed E-state index contributed by atoms with van der Waals surface area (Å²) in [5.74, 6) is 0.324. The van der Waals surface area contributed by atoms with E-state index in [4.69, 9.17) is 0 Å². The van der Waals surface area contributed by atoms with E-state index in [1.807, 2.05) is 0 Å². The monoisotopic (exact) mass is 418 g/mol. The van der Waals surface area contributed by atoms with E-state index in [0.717, 1.165) is 32.1 Å². The molecule has 0 amide bonds. The van der Waals surface area contributed by atoms with Gasteiger partial charge in [0.15, 0.2) is 0 Å². The molecule has 1 aromatic carbocycles. The number of hydrogen-bond donors (Lipinski definition) is 0. The minimum atomic E-state index is 0.324. The Morgan fingerprint density at radius 2 is 1.45 bits per heavy atom. The Bertz CT molecular complexity index is 794. The molecule has 0 spiro atoms. The van der Waals surface area contributed by atoms with Gasteiger partial charge in [0.05, 0.1) is 0 Å². The van der Waals surface area contributed by atoms with Crippen LogP contribution in [0.15, 0.2) is 60.7 Å². The molecule has 1 aliphatic carbocycles. The van der Waals surface area contributed by atoms with Crippen molar-refractivity contribution in [2.45, 2.75) is 93.4 Å². The molecular weight excluding hydrogens is 372 g/mol. The normalized spacial score (nSPS) is 15.1. The summed E-state index contributed by atoms with van der Waals surface area (Å²) < 4.78 is 0. The maximum atomic E-state index is 4.63. The minimum absolute atomic E-state index is 0.324. The highest BCUT2D eigenvalue weighted by molar-refractivity contribution is 5.69. The van der Waals surface area contributed by atoms with Crippen molar-refractivity contribution in [2.75, 3.05) is 0 Å². The molecule has 0 radical (unpaired) electrons. The van der Waals surface area contributed by atoms with Gasteiger partial charge >= 0.3 is 0 Å². The van der Waals surface area contributed by atoms with Crippen LogP contribution in [0.5, 0.6) is 0 Å². The maximum absolute atomic E-state index is 4.63. The van der Waals surface area contributed by atoms with Gasteiger partial charge < -0.3 is 0 Å². The number of benzene rings is 1. The zero-order chi connectivity index (χ0) is 23.2. The molecule has 0 aromatic heterocycles. The summed E-state index contributed by atoms with van der Waals surface area (Å²) in [5, 5.41) is 0. The lowest BCUT2D eigenvalue weighted by Gasteiger charge is -2.25. The first-order valence-corrected chi connectivity index (χ1v) is 12.2. The molecule has 0 fully saturated rings. The standard InChI is InChI=1S/C31H46/c1-10-23(2)29(22-25-13-11-12-14-25)24(3)28-20-26(15-17-30(4,5)6)19-27(21-28)16-18-31(7,8)9/h11-13,19-21,29H,2-3,10,14-18,22H2,1,4-9H3. The Morgan fingerprint density at radius 3 is 1.87 bits per heavy atom. The van der Waals surface area contributed by atoms with Crippen LogP contribution in [0.1, 0.15) is 97.3 Å². The van der Waals surface area contributed by atoms with Crippen LogP contribution >= 0.6 is 0 Å². The van der Waals surface area contributed by atoms with Gasteiger partial charge in [-0.15, -0.1) is 0 Å². The molecule has 1 aromatic rings. The SMILES string of the molecule is C=C(CC)C(CC1=CC=CC1)C(=C)c1cc(CCC(C)(C)C)cc(CCC(C)(C)C)c1. The number of rotatable bonds is 10. The molecule has 1 atom stereocenters. The van der Waals surface area contributed by atoms with E-state index in [1.54, 1.807) is 0 Å². The molecule has 1 unspecified atom stereocenters. The summed E-state index contributed by atoms with van der Waals surface area (Å²) in [7, 11) is 0. The Hall–Kier alpha value is -1.82. The molecule has 0 heterocycles. The van der Waals surface area contributed by atoms with Gasteiger partial charge in [0, 0.05) is 5.92 Å². The number of allylic oxidation sites excluding steroid dienone is 6. The van der Waals surface area contributed by atoms with Crippen molar-refractivity contribution in [1.29, 1.82) is 0 Å². The summed E-state index contributed by atoms with van der Waals surface area (Å²) in [6.07, 6.45) is 14.5. The number of aryl methyl sites for hydroxylation is 2. The topological polar surface area (TPSA) is 0 Å². The molecule has 170 valence electrons. The molecule has 0 aliphatic heterocycles. The average Bonchev–Trinajstić information content (AvgIpc) is 3.20. The summed E-state index contributed by atoms with van der Waals surface area (Å²) in [6.45, 7) is 25.3. The van der Waals surface area contributed by atoms with Crippen LogP contribution in [0.25, 0.3) is 5.57 Å². The summed E-state index contributed by atoms with van der Waals surface area (Å²) in [6, 6.07) is 7.26. The Morgan fingerprint density at radius 1 is 0.903 bits per heavy atom. The molecular formula is C31H46. The Kier molecular flexibility index (Phi) is 8.75. The van der Waals surface area contributed by atoms with E-state index in [2.05, 4.69) is 98.1 Å². The molecule has 31 heavy (non-hydrogen) atoms. The minimum Gasteiger partial charge on any atom is -0.0992 e. The van der Waals surface area contributed by atoms with E-state index in [9.17, 15) is 0 Å². The van der Waals surface area contributed by atoms with Crippen LogP contribution in [-0.4, -0.2) is 0 Å². The molecule has 0 heteroatoms. The Labute approximate surface area is 193 Å². The smallest absolute Gasteiger partial charge is 0.00828 e. The lowest BCUT2D eigenvalue weighted by Crippen LogP contribution is -2.10. The van der Waals surface area contributed by atoms with Crippen LogP contribution in [0, 0.1) is 16.7 Å². The van der Waals surface area contributed by atoms with E-state index in [-0.39, 0.29) is 0 Å². The fraction of sp³-hybridized carbons (Fsp3) is 0.548. The fourth-order valence-electron chi connectivity index (χ4n) is 4.14. The van der Waals surface area contributed by atoms with E-state index in [1.165, 1.54) is 46.3 Å².